The van der Waals surface area contributed by atoms with E-state index in [1.807, 2.05) is 0 Å². The lowest BCUT2D eigenvalue weighted by Gasteiger charge is -2.14. The van der Waals surface area contributed by atoms with Crippen LogP contribution in [0.4, 0.5) is 0 Å². The highest BCUT2D eigenvalue weighted by Gasteiger charge is 2.17. The Morgan fingerprint density at radius 2 is 2.29 bits per heavy atom. The molecular formula is C14H19N3. The van der Waals surface area contributed by atoms with Gasteiger partial charge in [0.25, 0.3) is 0 Å². The van der Waals surface area contributed by atoms with Crippen LogP contribution < -0.4 is 5.32 Å². The number of nitrogens with one attached hydrogen (secondary N) is 1. The van der Waals surface area contributed by atoms with Crippen LogP contribution in [0.2, 0.25) is 0 Å². The molecule has 0 saturated carbocycles. The van der Waals surface area contributed by atoms with Crippen molar-refractivity contribution in [1.29, 1.82) is 0 Å². The molecule has 1 atom stereocenters. The number of para-hydroxylation sites is 2. The lowest BCUT2D eigenvalue weighted by Crippen LogP contribution is -2.27. The van der Waals surface area contributed by atoms with Crippen LogP contribution in [0.1, 0.15) is 25.6 Å². The van der Waals surface area contributed by atoms with Crippen molar-refractivity contribution in [3.8, 4) is 0 Å². The van der Waals surface area contributed by atoms with Gasteiger partial charge in [0, 0.05) is 19.0 Å². The highest BCUT2D eigenvalue weighted by molar-refractivity contribution is 5.75. The average Bonchev–Trinajstić information content (AvgIpc) is 2.98. The molecule has 1 unspecified atom stereocenters. The van der Waals surface area contributed by atoms with Gasteiger partial charge < -0.3 is 9.88 Å². The van der Waals surface area contributed by atoms with Crippen molar-refractivity contribution in [3.63, 3.8) is 0 Å². The lowest BCUT2D eigenvalue weighted by atomic mass is 10.2. The Hall–Kier alpha value is -1.35. The highest BCUT2D eigenvalue weighted by Crippen LogP contribution is 2.18. The first-order valence-corrected chi connectivity index (χ1v) is 6.56. The second-order valence-corrected chi connectivity index (χ2v) is 4.77. The summed E-state index contributed by atoms with van der Waals surface area (Å²) in [5.41, 5.74) is 2.40. The summed E-state index contributed by atoms with van der Waals surface area (Å²) >= 11 is 0. The number of hydrogen-bond acceptors (Lipinski definition) is 2. The quantitative estimate of drug-likeness (QED) is 0.875. The van der Waals surface area contributed by atoms with Crippen LogP contribution in [0.3, 0.4) is 0 Å². The number of hydrogen-bond donors (Lipinski definition) is 1. The van der Waals surface area contributed by atoms with E-state index in [0.29, 0.717) is 6.04 Å². The number of nitrogens with zero attached hydrogens (tertiary/aromatic N) is 2. The van der Waals surface area contributed by atoms with E-state index in [1.165, 1.54) is 30.7 Å². The van der Waals surface area contributed by atoms with Gasteiger partial charge in [-0.2, -0.15) is 0 Å². The van der Waals surface area contributed by atoms with Crippen LogP contribution >= 0.6 is 0 Å². The van der Waals surface area contributed by atoms with Gasteiger partial charge in [-0.15, -0.1) is 0 Å². The van der Waals surface area contributed by atoms with Crippen molar-refractivity contribution < 1.29 is 0 Å². The van der Waals surface area contributed by atoms with Crippen LogP contribution in [0.5, 0.6) is 0 Å². The Morgan fingerprint density at radius 3 is 3.06 bits per heavy atom. The molecule has 90 valence electrons. The van der Waals surface area contributed by atoms with Gasteiger partial charge in [-0.25, -0.2) is 4.98 Å². The fourth-order valence-electron chi connectivity index (χ4n) is 2.73. The van der Waals surface area contributed by atoms with Crippen molar-refractivity contribution in [2.24, 2.45) is 0 Å². The third-order valence-electron chi connectivity index (χ3n) is 3.62. The fraction of sp³-hybridized carbons (Fsp3) is 0.500. The number of fused-ring (bicyclic) bond motifs is 1. The third-order valence-corrected chi connectivity index (χ3v) is 3.62. The molecule has 0 amide bonds. The predicted octanol–water partition coefficient (Wildman–Crippen LogP) is 2.35. The second kappa shape index (κ2) is 4.49. The fourth-order valence-corrected chi connectivity index (χ4v) is 2.73. The number of benzene rings is 1. The first-order valence-electron chi connectivity index (χ1n) is 6.56. The molecular weight excluding hydrogens is 210 g/mol. The van der Waals surface area contributed by atoms with Crippen molar-refractivity contribution >= 4 is 11.0 Å². The molecule has 0 aliphatic carbocycles. The smallest absolute Gasteiger partial charge is 0.109 e. The van der Waals surface area contributed by atoms with Gasteiger partial charge in [0.1, 0.15) is 5.82 Å². The molecule has 3 rings (SSSR count). The summed E-state index contributed by atoms with van der Waals surface area (Å²) in [7, 11) is 0. The molecule has 2 heterocycles. The predicted molar refractivity (Wildman–Crippen MR) is 70.1 cm³/mol. The molecule has 1 fully saturated rings. The largest absolute Gasteiger partial charge is 0.326 e. The first kappa shape index (κ1) is 10.8. The Labute approximate surface area is 102 Å². The Balaban J connectivity index is 1.99. The second-order valence-electron chi connectivity index (χ2n) is 4.77. The van der Waals surface area contributed by atoms with Crippen LogP contribution in [0.25, 0.3) is 11.0 Å². The van der Waals surface area contributed by atoms with E-state index in [2.05, 4.69) is 41.1 Å². The summed E-state index contributed by atoms with van der Waals surface area (Å²) in [6, 6.07) is 9.07. The monoisotopic (exact) mass is 229 g/mol. The Morgan fingerprint density at radius 1 is 1.41 bits per heavy atom. The average molecular weight is 229 g/mol. The van der Waals surface area contributed by atoms with Gasteiger partial charge >= 0.3 is 0 Å². The summed E-state index contributed by atoms with van der Waals surface area (Å²) < 4.78 is 2.39. The SMILES string of the molecule is CCc1nc2ccccc2n1CC1CCCN1. The molecule has 2 aromatic rings. The van der Waals surface area contributed by atoms with Crippen LogP contribution in [-0.2, 0) is 13.0 Å². The molecule has 1 aliphatic rings. The molecule has 0 bridgehead atoms. The lowest BCUT2D eigenvalue weighted by molar-refractivity contribution is 0.506. The summed E-state index contributed by atoms with van der Waals surface area (Å²) in [6.45, 7) is 4.40. The van der Waals surface area contributed by atoms with Crippen LogP contribution in [-0.4, -0.2) is 22.1 Å². The molecule has 17 heavy (non-hydrogen) atoms. The zero-order valence-corrected chi connectivity index (χ0v) is 10.3. The number of aryl methyl sites for hydroxylation is 1. The van der Waals surface area contributed by atoms with Crippen molar-refractivity contribution in [2.45, 2.75) is 38.8 Å². The van der Waals surface area contributed by atoms with E-state index in [4.69, 9.17) is 4.98 Å². The van der Waals surface area contributed by atoms with Gasteiger partial charge in [0.15, 0.2) is 0 Å². The minimum absolute atomic E-state index is 0.623. The maximum absolute atomic E-state index is 4.71. The van der Waals surface area contributed by atoms with Gasteiger partial charge in [0.05, 0.1) is 11.0 Å². The molecule has 3 heteroatoms. The molecule has 1 N–H and O–H groups in total. The van der Waals surface area contributed by atoms with Gasteiger partial charge in [0.2, 0.25) is 0 Å². The van der Waals surface area contributed by atoms with E-state index in [9.17, 15) is 0 Å². The summed E-state index contributed by atoms with van der Waals surface area (Å²) in [4.78, 5) is 4.71. The Kier molecular flexibility index (Phi) is 2.85. The maximum Gasteiger partial charge on any atom is 0.109 e. The van der Waals surface area contributed by atoms with Crippen molar-refractivity contribution in [2.75, 3.05) is 6.54 Å². The standard InChI is InChI=1S/C14H19N3/c1-2-14-16-12-7-3-4-8-13(12)17(14)10-11-6-5-9-15-11/h3-4,7-8,11,15H,2,5-6,9-10H2,1H3. The normalized spacial score (nSPS) is 20.2. The summed E-state index contributed by atoms with van der Waals surface area (Å²) in [6.07, 6.45) is 3.59. The van der Waals surface area contributed by atoms with E-state index in [-0.39, 0.29) is 0 Å². The highest BCUT2D eigenvalue weighted by atomic mass is 15.1. The first-order chi connectivity index (χ1) is 8.38. The molecule has 0 radical (unpaired) electrons. The molecule has 1 aliphatic heterocycles. The number of aromatic nitrogens is 2. The molecule has 0 spiro atoms. The van der Waals surface area contributed by atoms with Crippen molar-refractivity contribution in [1.82, 2.24) is 14.9 Å². The van der Waals surface area contributed by atoms with E-state index in [0.717, 1.165) is 18.5 Å². The van der Waals surface area contributed by atoms with E-state index in [1.54, 1.807) is 0 Å². The van der Waals surface area contributed by atoms with E-state index < -0.39 is 0 Å². The number of imidazole rings is 1. The summed E-state index contributed by atoms with van der Waals surface area (Å²) in [5, 5.41) is 3.56. The van der Waals surface area contributed by atoms with Crippen LogP contribution in [0, 0.1) is 0 Å². The zero-order valence-electron chi connectivity index (χ0n) is 10.3. The van der Waals surface area contributed by atoms with Gasteiger partial charge in [-0.1, -0.05) is 19.1 Å². The van der Waals surface area contributed by atoms with Crippen molar-refractivity contribution in [3.05, 3.63) is 30.1 Å². The minimum atomic E-state index is 0.623. The topological polar surface area (TPSA) is 29.9 Å². The molecule has 1 aromatic heterocycles. The molecule has 1 saturated heterocycles. The van der Waals surface area contributed by atoms with Gasteiger partial charge in [-0.05, 0) is 31.5 Å². The maximum atomic E-state index is 4.71. The zero-order chi connectivity index (χ0) is 11.7. The molecule has 3 nitrogen and oxygen atoms in total. The van der Waals surface area contributed by atoms with Crippen LogP contribution in [0.15, 0.2) is 24.3 Å². The number of rotatable bonds is 3. The van der Waals surface area contributed by atoms with E-state index >= 15 is 0 Å². The molecule has 1 aromatic carbocycles. The van der Waals surface area contributed by atoms with Gasteiger partial charge in [-0.3, -0.25) is 0 Å². The Bertz CT molecular complexity index is 509. The third kappa shape index (κ3) is 1.95. The minimum Gasteiger partial charge on any atom is -0.326 e. The summed E-state index contributed by atoms with van der Waals surface area (Å²) in [5.74, 6) is 1.21.